The van der Waals surface area contributed by atoms with Crippen LogP contribution in [-0.2, 0) is 21.2 Å². The van der Waals surface area contributed by atoms with E-state index in [2.05, 4.69) is 16.1 Å². The molecule has 1 unspecified atom stereocenters. The van der Waals surface area contributed by atoms with Gasteiger partial charge in [0.2, 0.25) is 15.9 Å². The van der Waals surface area contributed by atoms with Crippen LogP contribution in [0.4, 0.5) is 5.69 Å². The van der Waals surface area contributed by atoms with E-state index in [1.54, 1.807) is 26.0 Å². The second-order valence-electron chi connectivity index (χ2n) is 7.97. The second-order valence-corrected chi connectivity index (χ2v) is 9.73. The van der Waals surface area contributed by atoms with Crippen LogP contribution in [0.5, 0.6) is 5.75 Å². The number of nitrogens with one attached hydrogen (secondary N) is 2. The lowest BCUT2D eigenvalue weighted by Crippen LogP contribution is -2.34. The van der Waals surface area contributed by atoms with Gasteiger partial charge in [-0.05, 0) is 55.6 Å². The average Bonchev–Trinajstić information content (AvgIpc) is 3.16. The van der Waals surface area contributed by atoms with E-state index in [1.807, 2.05) is 31.1 Å². The molecule has 0 saturated carbocycles. The predicted molar refractivity (Wildman–Crippen MR) is 117 cm³/mol. The van der Waals surface area contributed by atoms with Crippen LogP contribution in [0.3, 0.4) is 0 Å². The summed E-state index contributed by atoms with van der Waals surface area (Å²) in [5.41, 5.74) is 2.76. The van der Waals surface area contributed by atoms with E-state index in [0.29, 0.717) is 12.3 Å². The van der Waals surface area contributed by atoms with Crippen molar-refractivity contribution in [1.29, 1.82) is 0 Å². The lowest BCUT2D eigenvalue weighted by Gasteiger charge is -2.25. The molecule has 1 amide bonds. The van der Waals surface area contributed by atoms with E-state index in [-0.39, 0.29) is 29.3 Å². The summed E-state index contributed by atoms with van der Waals surface area (Å²) in [6, 6.07) is 12.1. The number of hydrogen-bond donors (Lipinski definition) is 2. The van der Waals surface area contributed by atoms with Crippen LogP contribution >= 0.6 is 0 Å². The predicted octanol–water partition coefficient (Wildman–Crippen LogP) is 2.80. The lowest BCUT2D eigenvalue weighted by atomic mass is 10.0. The van der Waals surface area contributed by atoms with E-state index in [0.717, 1.165) is 23.3 Å². The minimum atomic E-state index is -3.68. The number of benzene rings is 2. The SMILES string of the molecule is CC(C)C(=O)Nc1ccc(S(=O)(=O)NCC(c2ccc3c(c2)CCO3)N(C)C)cc1. The summed E-state index contributed by atoms with van der Waals surface area (Å²) < 4.78 is 33.8. The number of rotatable bonds is 8. The van der Waals surface area contributed by atoms with Gasteiger partial charge in [0.05, 0.1) is 11.5 Å². The highest BCUT2D eigenvalue weighted by atomic mass is 32.2. The summed E-state index contributed by atoms with van der Waals surface area (Å²) in [6.07, 6.45) is 0.870. The molecule has 2 aromatic rings. The molecule has 1 heterocycles. The Kier molecular flexibility index (Phi) is 6.80. The molecule has 162 valence electrons. The Morgan fingerprint density at radius 2 is 1.83 bits per heavy atom. The largest absolute Gasteiger partial charge is 0.493 e. The van der Waals surface area contributed by atoms with Gasteiger partial charge in [-0.25, -0.2) is 13.1 Å². The topological polar surface area (TPSA) is 87.7 Å². The van der Waals surface area contributed by atoms with Crippen molar-refractivity contribution in [3.05, 3.63) is 53.6 Å². The van der Waals surface area contributed by atoms with Crippen LogP contribution in [0.2, 0.25) is 0 Å². The first-order valence-corrected chi connectivity index (χ1v) is 11.5. The van der Waals surface area contributed by atoms with Crippen molar-refractivity contribution >= 4 is 21.6 Å². The van der Waals surface area contributed by atoms with Crippen molar-refractivity contribution in [2.75, 3.05) is 32.6 Å². The fourth-order valence-corrected chi connectivity index (χ4v) is 4.33. The van der Waals surface area contributed by atoms with E-state index in [9.17, 15) is 13.2 Å². The molecule has 0 aromatic heterocycles. The van der Waals surface area contributed by atoms with Gasteiger partial charge in [-0.15, -0.1) is 0 Å². The van der Waals surface area contributed by atoms with Crippen molar-refractivity contribution in [1.82, 2.24) is 9.62 Å². The molecule has 0 fully saturated rings. The average molecular weight is 432 g/mol. The van der Waals surface area contributed by atoms with E-state index >= 15 is 0 Å². The highest BCUT2D eigenvalue weighted by Gasteiger charge is 2.22. The van der Waals surface area contributed by atoms with Crippen molar-refractivity contribution in [2.45, 2.75) is 31.2 Å². The summed E-state index contributed by atoms with van der Waals surface area (Å²) in [6.45, 7) is 4.52. The molecular formula is C22H29N3O4S. The molecule has 3 rings (SSSR count). The minimum Gasteiger partial charge on any atom is -0.493 e. The van der Waals surface area contributed by atoms with Crippen molar-refractivity contribution in [3.63, 3.8) is 0 Å². The van der Waals surface area contributed by atoms with Gasteiger partial charge in [-0.3, -0.25) is 4.79 Å². The summed E-state index contributed by atoms with van der Waals surface area (Å²) in [5, 5.41) is 2.76. The Balaban J connectivity index is 1.70. The molecule has 2 aromatic carbocycles. The summed E-state index contributed by atoms with van der Waals surface area (Å²) in [5.74, 6) is 0.641. The molecule has 8 heteroatoms. The molecule has 0 spiro atoms. The Labute approximate surface area is 178 Å². The molecule has 0 aliphatic carbocycles. The maximum atomic E-state index is 12.8. The molecule has 1 aliphatic heterocycles. The number of amides is 1. The van der Waals surface area contributed by atoms with Crippen LogP contribution in [-0.4, -0.2) is 46.5 Å². The Morgan fingerprint density at radius 1 is 1.13 bits per heavy atom. The van der Waals surface area contributed by atoms with Gasteiger partial charge in [0.25, 0.3) is 0 Å². The number of anilines is 1. The smallest absolute Gasteiger partial charge is 0.240 e. The second kappa shape index (κ2) is 9.16. The maximum absolute atomic E-state index is 12.8. The van der Waals surface area contributed by atoms with Crippen molar-refractivity contribution < 1.29 is 17.9 Å². The fourth-order valence-electron chi connectivity index (χ4n) is 3.29. The standard InChI is InChI=1S/C22H29N3O4S/c1-15(2)22(26)24-18-6-8-19(9-7-18)30(27,28)23-14-20(25(3)4)16-5-10-21-17(13-16)11-12-29-21/h5-10,13,15,20,23H,11-12,14H2,1-4H3,(H,24,26). The van der Waals surface area contributed by atoms with Crippen LogP contribution in [0.25, 0.3) is 0 Å². The zero-order valence-corrected chi connectivity index (χ0v) is 18.6. The van der Waals surface area contributed by atoms with Gasteiger partial charge < -0.3 is 15.0 Å². The Bertz CT molecular complexity index is 1000. The highest BCUT2D eigenvalue weighted by Crippen LogP contribution is 2.29. The number of carbonyl (C=O) groups excluding carboxylic acids is 1. The van der Waals surface area contributed by atoms with Gasteiger partial charge >= 0.3 is 0 Å². The highest BCUT2D eigenvalue weighted by molar-refractivity contribution is 7.89. The number of likely N-dealkylation sites (N-methyl/N-ethyl adjacent to an activating group) is 1. The Morgan fingerprint density at radius 3 is 2.47 bits per heavy atom. The monoisotopic (exact) mass is 431 g/mol. The zero-order valence-electron chi connectivity index (χ0n) is 17.8. The maximum Gasteiger partial charge on any atom is 0.240 e. The first-order valence-electron chi connectivity index (χ1n) is 10.00. The number of ether oxygens (including phenoxy) is 1. The third-order valence-corrected chi connectivity index (χ3v) is 6.58. The van der Waals surface area contributed by atoms with Crippen molar-refractivity contribution in [3.8, 4) is 5.75 Å². The number of hydrogen-bond acceptors (Lipinski definition) is 5. The molecule has 1 atom stereocenters. The fraction of sp³-hybridized carbons (Fsp3) is 0.409. The lowest BCUT2D eigenvalue weighted by molar-refractivity contribution is -0.118. The molecular weight excluding hydrogens is 402 g/mol. The third-order valence-electron chi connectivity index (χ3n) is 5.14. The number of nitrogens with zero attached hydrogens (tertiary/aromatic N) is 1. The van der Waals surface area contributed by atoms with Crippen molar-refractivity contribution in [2.24, 2.45) is 5.92 Å². The first kappa shape index (κ1) is 22.3. The third kappa shape index (κ3) is 5.19. The molecule has 7 nitrogen and oxygen atoms in total. The Hall–Kier alpha value is -2.42. The summed E-state index contributed by atoms with van der Waals surface area (Å²) >= 11 is 0. The van der Waals surface area contributed by atoms with Gasteiger partial charge in [-0.1, -0.05) is 26.0 Å². The van der Waals surface area contributed by atoms with Gasteiger partial charge in [-0.2, -0.15) is 0 Å². The number of sulfonamides is 1. The minimum absolute atomic E-state index is 0.114. The van der Waals surface area contributed by atoms with Gasteiger partial charge in [0.1, 0.15) is 5.75 Å². The molecule has 0 bridgehead atoms. The summed E-state index contributed by atoms with van der Waals surface area (Å²) in [4.78, 5) is 13.9. The summed E-state index contributed by atoms with van der Waals surface area (Å²) in [7, 11) is 0.167. The van der Waals surface area contributed by atoms with E-state index < -0.39 is 10.0 Å². The zero-order chi connectivity index (χ0) is 21.9. The van der Waals surface area contributed by atoms with Crippen LogP contribution in [0, 0.1) is 5.92 Å². The van der Waals surface area contributed by atoms with E-state index in [1.165, 1.54) is 12.1 Å². The first-order chi connectivity index (χ1) is 14.2. The molecule has 0 saturated heterocycles. The van der Waals surface area contributed by atoms with Crippen LogP contribution < -0.4 is 14.8 Å². The number of fused-ring (bicyclic) bond motifs is 1. The van der Waals surface area contributed by atoms with Gasteiger partial charge in [0.15, 0.2) is 0 Å². The number of carbonyl (C=O) groups is 1. The van der Waals surface area contributed by atoms with E-state index in [4.69, 9.17) is 4.74 Å². The van der Waals surface area contributed by atoms with Gasteiger partial charge in [0, 0.05) is 30.6 Å². The quantitative estimate of drug-likeness (QED) is 0.671. The molecule has 2 N–H and O–H groups in total. The molecule has 0 radical (unpaired) electrons. The normalized spacial score (nSPS) is 14.5. The van der Waals surface area contributed by atoms with Crippen LogP contribution in [0.15, 0.2) is 47.4 Å². The molecule has 30 heavy (non-hydrogen) atoms. The van der Waals surface area contributed by atoms with Crippen LogP contribution in [0.1, 0.15) is 31.0 Å². The molecule has 1 aliphatic rings.